The maximum Gasteiger partial charge on any atom is 0.125 e. The minimum Gasteiger partial charge on any atom is -0.338 e. The standard InChI is InChI=1S/C9H11N3S2/c10-3-1-4-12-5-2-7-8(9(12)13)14-6-11-7/h2,5-6H,1,3-4,10H2. The molecule has 0 saturated heterocycles. The topological polar surface area (TPSA) is 43.8 Å². The van der Waals surface area contributed by atoms with Crippen LogP contribution in [0.25, 0.3) is 10.2 Å². The lowest BCUT2D eigenvalue weighted by molar-refractivity contribution is 0.644. The first kappa shape index (κ1) is 9.76. The van der Waals surface area contributed by atoms with Crippen molar-refractivity contribution in [2.45, 2.75) is 13.0 Å². The molecule has 2 N–H and O–H groups in total. The highest BCUT2D eigenvalue weighted by molar-refractivity contribution is 7.71. The van der Waals surface area contributed by atoms with E-state index in [1.54, 1.807) is 11.3 Å². The van der Waals surface area contributed by atoms with Crippen molar-refractivity contribution in [1.29, 1.82) is 0 Å². The Balaban J connectivity index is 2.46. The molecule has 0 aromatic carbocycles. The Kier molecular flexibility index (Phi) is 2.90. The van der Waals surface area contributed by atoms with E-state index in [1.165, 1.54) is 0 Å². The SMILES string of the molecule is NCCCn1ccc2ncsc2c1=S. The van der Waals surface area contributed by atoms with Gasteiger partial charge in [0, 0.05) is 12.7 Å². The summed E-state index contributed by atoms with van der Waals surface area (Å²) in [7, 11) is 0. The molecule has 0 radical (unpaired) electrons. The van der Waals surface area contributed by atoms with E-state index in [9.17, 15) is 0 Å². The van der Waals surface area contributed by atoms with E-state index in [4.69, 9.17) is 18.0 Å². The van der Waals surface area contributed by atoms with Crippen LogP contribution in [0.15, 0.2) is 17.8 Å². The fourth-order valence-electron chi connectivity index (χ4n) is 1.33. The molecule has 2 aromatic rings. The number of rotatable bonds is 3. The number of thiazole rings is 1. The molecular formula is C9H11N3S2. The van der Waals surface area contributed by atoms with Crippen LogP contribution in [0.4, 0.5) is 0 Å². The number of aromatic nitrogens is 2. The molecule has 0 unspecified atom stereocenters. The largest absolute Gasteiger partial charge is 0.338 e. The Morgan fingerprint density at radius 3 is 3.21 bits per heavy atom. The van der Waals surface area contributed by atoms with Gasteiger partial charge >= 0.3 is 0 Å². The molecule has 0 aliphatic heterocycles. The second-order valence-corrected chi connectivity index (χ2v) is 4.26. The van der Waals surface area contributed by atoms with Gasteiger partial charge in [0.1, 0.15) is 4.64 Å². The van der Waals surface area contributed by atoms with Gasteiger partial charge < -0.3 is 10.3 Å². The molecule has 3 nitrogen and oxygen atoms in total. The van der Waals surface area contributed by atoms with Crippen molar-refractivity contribution in [1.82, 2.24) is 9.55 Å². The van der Waals surface area contributed by atoms with Gasteiger partial charge in [-0.05, 0) is 19.0 Å². The smallest absolute Gasteiger partial charge is 0.125 e. The third-order valence-corrected chi connectivity index (χ3v) is 3.48. The highest BCUT2D eigenvalue weighted by Crippen LogP contribution is 2.18. The van der Waals surface area contributed by atoms with E-state index in [1.807, 2.05) is 17.8 Å². The van der Waals surface area contributed by atoms with Gasteiger partial charge in [-0.3, -0.25) is 0 Å². The van der Waals surface area contributed by atoms with Crippen LogP contribution in [-0.4, -0.2) is 16.1 Å². The highest BCUT2D eigenvalue weighted by atomic mass is 32.1. The number of nitrogens with two attached hydrogens (primary N) is 1. The zero-order valence-electron chi connectivity index (χ0n) is 7.64. The van der Waals surface area contributed by atoms with Gasteiger partial charge in [-0.15, -0.1) is 11.3 Å². The number of pyridine rings is 1. The van der Waals surface area contributed by atoms with Gasteiger partial charge in [0.2, 0.25) is 0 Å². The zero-order valence-corrected chi connectivity index (χ0v) is 9.27. The van der Waals surface area contributed by atoms with Gasteiger partial charge in [-0.2, -0.15) is 0 Å². The Hall–Kier alpha value is -0.780. The summed E-state index contributed by atoms with van der Waals surface area (Å²) in [6.45, 7) is 1.59. The molecule has 0 bridgehead atoms. The molecule has 0 fully saturated rings. The molecule has 5 heteroatoms. The van der Waals surface area contributed by atoms with Crippen LogP contribution < -0.4 is 5.73 Å². The number of hydrogen-bond donors (Lipinski definition) is 1. The number of nitrogens with zero attached hydrogens (tertiary/aromatic N) is 2. The average molecular weight is 225 g/mol. The summed E-state index contributed by atoms with van der Waals surface area (Å²) >= 11 is 6.95. The first-order valence-corrected chi connectivity index (χ1v) is 5.74. The molecule has 74 valence electrons. The molecule has 0 saturated carbocycles. The number of fused-ring (bicyclic) bond motifs is 1. The molecule has 0 aliphatic carbocycles. The van der Waals surface area contributed by atoms with Crippen molar-refractivity contribution in [3.05, 3.63) is 22.4 Å². The maximum absolute atomic E-state index is 5.46. The fourth-order valence-corrected chi connectivity index (χ4v) is 2.46. The van der Waals surface area contributed by atoms with E-state index in [-0.39, 0.29) is 0 Å². The maximum atomic E-state index is 5.46. The molecule has 2 rings (SSSR count). The van der Waals surface area contributed by atoms with Crippen LogP contribution in [0.1, 0.15) is 6.42 Å². The van der Waals surface area contributed by atoms with Gasteiger partial charge in [0.05, 0.1) is 15.7 Å². The predicted molar refractivity (Wildman–Crippen MR) is 62.1 cm³/mol. The molecule has 0 amide bonds. The Morgan fingerprint density at radius 1 is 1.57 bits per heavy atom. The van der Waals surface area contributed by atoms with E-state index in [0.717, 1.165) is 27.8 Å². The van der Waals surface area contributed by atoms with Crippen LogP contribution >= 0.6 is 23.6 Å². The predicted octanol–water partition coefficient (Wildman–Crippen LogP) is 2.18. The van der Waals surface area contributed by atoms with Gasteiger partial charge in [-0.1, -0.05) is 12.2 Å². The fraction of sp³-hybridized carbons (Fsp3) is 0.333. The zero-order chi connectivity index (χ0) is 9.97. The summed E-state index contributed by atoms with van der Waals surface area (Å²) in [6.07, 6.45) is 2.94. The molecule has 0 aliphatic rings. The molecule has 2 heterocycles. The second kappa shape index (κ2) is 4.16. The lowest BCUT2D eigenvalue weighted by atomic mass is 10.4. The van der Waals surface area contributed by atoms with Crippen LogP contribution in [-0.2, 0) is 6.54 Å². The van der Waals surface area contributed by atoms with E-state index < -0.39 is 0 Å². The van der Waals surface area contributed by atoms with Gasteiger partial charge in [0.25, 0.3) is 0 Å². The summed E-state index contributed by atoms with van der Waals surface area (Å²) in [5.74, 6) is 0. The van der Waals surface area contributed by atoms with Crippen molar-refractivity contribution >= 4 is 33.8 Å². The summed E-state index contributed by atoms with van der Waals surface area (Å²) in [4.78, 5) is 4.21. The lowest BCUT2D eigenvalue weighted by Crippen LogP contribution is -2.06. The normalized spacial score (nSPS) is 10.9. The third-order valence-electron chi connectivity index (χ3n) is 2.07. The average Bonchev–Trinajstić information content (AvgIpc) is 2.66. The third kappa shape index (κ3) is 1.70. The summed E-state index contributed by atoms with van der Waals surface area (Å²) in [5, 5.41) is 0. The summed E-state index contributed by atoms with van der Waals surface area (Å²) in [6, 6.07) is 2.00. The monoisotopic (exact) mass is 225 g/mol. The first-order chi connectivity index (χ1) is 6.83. The summed E-state index contributed by atoms with van der Waals surface area (Å²) in [5.41, 5.74) is 8.28. The van der Waals surface area contributed by atoms with Gasteiger partial charge in [0.15, 0.2) is 0 Å². The van der Waals surface area contributed by atoms with Gasteiger partial charge in [-0.25, -0.2) is 4.98 Å². The second-order valence-electron chi connectivity index (χ2n) is 3.02. The van der Waals surface area contributed by atoms with Crippen LogP contribution in [0.2, 0.25) is 0 Å². The Morgan fingerprint density at radius 2 is 2.43 bits per heavy atom. The van der Waals surface area contributed by atoms with Crippen molar-refractivity contribution in [3.8, 4) is 0 Å². The Labute approximate surface area is 91.2 Å². The van der Waals surface area contributed by atoms with Crippen molar-refractivity contribution in [2.24, 2.45) is 5.73 Å². The first-order valence-electron chi connectivity index (χ1n) is 4.45. The number of aryl methyl sites for hydroxylation is 1. The van der Waals surface area contributed by atoms with E-state index in [0.29, 0.717) is 6.54 Å². The molecule has 2 aromatic heterocycles. The van der Waals surface area contributed by atoms with Crippen LogP contribution in [0.3, 0.4) is 0 Å². The highest BCUT2D eigenvalue weighted by Gasteiger charge is 2.00. The quantitative estimate of drug-likeness (QED) is 0.814. The van der Waals surface area contributed by atoms with Crippen molar-refractivity contribution in [3.63, 3.8) is 0 Å². The van der Waals surface area contributed by atoms with Crippen LogP contribution in [0.5, 0.6) is 0 Å². The van der Waals surface area contributed by atoms with Crippen LogP contribution in [0, 0.1) is 4.64 Å². The number of hydrogen-bond acceptors (Lipinski definition) is 4. The summed E-state index contributed by atoms with van der Waals surface area (Å²) < 4.78 is 4.03. The van der Waals surface area contributed by atoms with E-state index in [2.05, 4.69) is 9.55 Å². The minimum atomic E-state index is 0.697. The minimum absolute atomic E-state index is 0.697. The van der Waals surface area contributed by atoms with E-state index >= 15 is 0 Å². The lowest BCUT2D eigenvalue weighted by Gasteiger charge is -2.05. The Bertz CT molecular complexity index is 486. The van der Waals surface area contributed by atoms with Crippen molar-refractivity contribution < 1.29 is 0 Å². The molecule has 0 spiro atoms. The van der Waals surface area contributed by atoms with Crippen molar-refractivity contribution in [2.75, 3.05) is 6.54 Å². The molecular weight excluding hydrogens is 214 g/mol. The molecule has 0 atom stereocenters. The molecule has 14 heavy (non-hydrogen) atoms.